The molecule has 0 aromatic heterocycles. The van der Waals surface area contributed by atoms with E-state index in [1.165, 1.54) is 4.90 Å². The van der Waals surface area contributed by atoms with Crippen LogP contribution in [-0.4, -0.2) is 91.6 Å². The maximum absolute atomic E-state index is 13.1. The Balaban J connectivity index is 1.36. The van der Waals surface area contributed by atoms with Crippen LogP contribution < -0.4 is 9.64 Å². The van der Waals surface area contributed by atoms with Crippen LogP contribution in [0.5, 0.6) is 5.75 Å². The number of piperazine rings is 1. The molecule has 4 rings (SSSR count). The Hall–Kier alpha value is -2.92. The van der Waals surface area contributed by atoms with Crippen molar-refractivity contribution in [2.24, 2.45) is 0 Å². The van der Waals surface area contributed by atoms with Gasteiger partial charge in [0.05, 0.1) is 13.2 Å². The minimum atomic E-state index is -0.913. The van der Waals surface area contributed by atoms with Crippen molar-refractivity contribution in [2.45, 2.75) is 32.4 Å². The van der Waals surface area contributed by atoms with Crippen molar-refractivity contribution in [1.82, 2.24) is 14.9 Å². The van der Waals surface area contributed by atoms with Crippen molar-refractivity contribution in [2.75, 3.05) is 57.7 Å². The van der Waals surface area contributed by atoms with Crippen LogP contribution in [0, 0.1) is 0 Å². The minimum absolute atomic E-state index is 0.0586. The number of carbonyl (C=O) groups is 3. The molecule has 0 spiro atoms. The van der Waals surface area contributed by atoms with Crippen LogP contribution in [0.15, 0.2) is 18.2 Å². The molecule has 0 unspecified atom stereocenters. The van der Waals surface area contributed by atoms with Gasteiger partial charge >= 0.3 is 6.09 Å². The number of morpholine rings is 1. The number of anilines is 1. The highest BCUT2D eigenvalue weighted by Crippen LogP contribution is 2.28. The van der Waals surface area contributed by atoms with Gasteiger partial charge in [-0.1, -0.05) is 6.07 Å². The first-order chi connectivity index (χ1) is 16.0. The van der Waals surface area contributed by atoms with Gasteiger partial charge in [0.15, 0.2) is 0 Å². The van der Waals surface area contributed by atoms with Crippen molar-refractivity contribution in [3.63, 3.8) is 0 Å². The Morgan fingerprint density at radius 3 is 2.52 bits per heavy atom. The third-order valence-electron chi connectivity index (χ3n) is 6.15. The molecule has 1 atom stereocenters. The summed E-state index contributed by atoms with van der Waals surface area (Å²) < 4.78 is 23.7. The molecule has 3 saturated heterocycles. The highest BCUT2D eigenvalue weighted by Gasteiger charge is 2.36. The Bertz CT molecular complexity index is 878. The average Bonchev–Trinajstić information content (AvgIpc) is 3.13. The van der Waals surface area contributed by atoms with E-state index in [4.69, 9.17) is 14.3 Å². The molecular formula is C22H29FN4O6. The lowest BCUT2D eigenvalue weighted by Gasteiger charge is -2.39. The lowest BCUT2D eigenvalue weighted by molar-refractivity contribution is -0.174. The van der Waals surface area contributed by atoms with Crippen LogP contribution in [-0.2, 0) is 25.7 Å². The topological polar surface area (TPSA) is 91.9 Å². The number of hydrogen-bond acceptors (Lipinski definition) is 8. The number of imide groups is 1. The van der Waals surface area contributed by atoms with E-state index < -0.39 is 24.8 Å². The standard InChI is InChI=1S/C22H29FN4O6/c1-16-13-24(6-7-26(16)22(30)33-27-20(28)4-5-21(27)29)14-17-2-3-18(12-19(17)32-15-23)25-8-10-31-11-9-25/h2-3,12,16H,4-11,13-15H2,1H3/t16-/m0/s1. The van der Waals surface area contributed by atoms with Gasteiger partial charge in [0.25, 0.3) is 11.8 Å². The van der Waals surface area contributed by atoms with E-state index in [9.17, 15) is 18.8 Å². The van der Waals surface area contributed by atoms with Crippen molar-refractivity contribution >= 4 is 23.6 Å². The van der Waals surface area contributed by atoms with E-state index >= 15 is 0 Å². The fraction of sp³-hybridized carbons (Fsp3) is 0.591. The number of hydrogen-bond donors (Lipinski definition) is 0. The number of carbonyl (C=O) groups excluding carboxylic acids is 3. The van der Waals surface area contributed by atoms with Crippen LogP contribution in [0.25, 0.3) is 0 Å². The summed E-state index contributed by atoms with van der Waals surface area (Å²) >= 11 is 0. The number of rotatable bonds is 6. The molecular weight excluding hydrogens is 435 g/mol. The van der Waals surface area contributed by atoms with Gasteiger partial charge < -0.3 is 24.1 Å². The number of halogens is 1. The molecule has 11 heteroatoms. The molecule has 0 N–H and O–H groups in total. The van der Waals surface area contributed by atoms with Gasteiger partial charge in [-0.15, -0.1) is 5.06 Å². The summed E-state index contributed by atoms with van der Waals surface area (Å²) in [6.45, 7) is 5.86. The lowest BCUT2D eigenvalue weighted by Crippen LogP contribution is -2.54. The SMILES string of the molecule is C[C@H]1CN(Cc2ccc(N3CCOCC3)cc2OCF)CCN1C(=O)ON1C(=O)CCC1=O. The molecule has 3 amide bonds. The van der Waals surface area contributed by atoms with Gasteiger partial charge in [0.2, 0.25) is 6.86 Å². The highest BCUT2D eigenvalue weighted by molar-refractivity contribution is 6.01. The summed E-state index contributed by atoms with van der Waals surface area (Å²) in [5.41, 5.74) is 1.83. The van der Waals surface area contributed by atoms with E-state index in [0.29, 0.717) is 50.2 Å². The summed E-state index contributed by atoms with van der Waals surface area (Å²) in [6.07, 6.45) is -0.589. The first-order valence-electron chi connectivity index (χ1n) is 11.2. The van der Waals surface area contributed by atoms with Crippen LogP contribution in [0.4, 0.5) is 14.9 Å². The molecule has 0 saturated carbocycles. The molecule has 3 aliphatic heterocycles. The Morgan fingerprint density at radius 2 is 1.85 bits per heavy atom. The highest BCUT2D eigenvalue weighted by atomic mass is 19.1. The number of ether oxygens (including phenoxy) is 2. The number of nitrogens with zero attached hydrogens (tertiary/aromatic N) is 4. The monoisotopic (exact) mass is 464 g/mol. The first kappa shape index (κ1) is 23.2. The second-order valence-corrected chi connectivity index (χ2v) is 8.36. The third kappa shape index (κ3) is 5.36. The van der Waals surface area contributed by atoms with Crippen molar-refractivity contribution < 1.29 is 33.1 Å². The van der Waals surface area contributed by atoms with E-state index in [1.807, 2.05) is 25.1 Å². The zero-order chi connectivity index (χ0) is 23.4. The van der Waals surface area contributed by atoms with Crippen molar-refractivity contribution in [1.29, 1.82) is 0 Å². The molecule has 33 heavy (non-hydrogen) atoms. The zero-order valence-corrected chi connectivity index (χ0v) is 18.7. The average molecular weight is 464 g/mol. The van der Waals surface area contributed by atoms with Gasteiger partial charge in [0, 0.05) is 75.5 Å². The van der Waals surface area contributed by atoms with E-state index in [-0.39, 0.29) is 18.9 Å². The quantitative estimate of drug-likeness (QED) is 0.586. The molecule has 3 fully saturated rings. The predicted molar refractivity (Wildman–Crippen MR) is 115 cm³/mol. The van der Waals surface area contributed by atoms with Gasteiger partial charge in [-0.25, -0.2) is 9.18 Å². The van der Waals surface area contributed by atoms with Crippen LogP contribution in [0.2, 0.25) is 0 Å². The molecule has 3 heterocycles. The third-order valence-corrected chi connectivity index (χ3v) is 6.15. The molecule has 1 aromatic carbocycles. The van der Waals surface area contributed by atoms with E-state index in [2.05, 4.69) is 9.80 Å². The molecule has 10 nitrogen and oxygen atoms in total. The van der Waals surface area contributed by atoms with Crippen molar-refractivity contribution in [3.05, 3.63) is 23.8 Å². The minimum Gasteiger partial charge on any atom is -0.463 e. The molecule has 0 aliphatic carbocycles. The molecule has 0 radical (unpaired) electrons. The fourth-order valence-electron chi connectivity index (χ4n) is 4.36. The summed E-state index contributed by atoms with van der Waals surface area (Å²) in [5.74, 6) is -0.497. The zero-order valence-electron chi connectivity index (χ0n) is 18.7. The molecule has 1 aromatic rings. The number of hydroxylamine groups is 2. The first-order valence-corrected chi connectivity index (χ1v) is 11.2. The van der Waals surface area contributed by atoms with Gasteiger partial charge in [-0.2, -0.15) is 0 Å². The maximum Gasteiger partial charge on any atom is 0.435 e. The largest absolute Gasteiger partial charge is 0.463 e. The number of amides is 3. The van der Waals surface area contributed by atoms with E-state index in [1.54, 1.807) is 0 Å². The summed E-state index contributed by atoms with van der Waals surface area (Å²) in [7, 11) is 0. The fourth-order valence-corrected chi connectivity index (χ4v) is 4.36. The Labute approximate surface area is 191 Å². The number of benzene rings is 1. The second kappa shape index (κ2) is 10.3. The maximum atomic E-state index is 13.1. The molecule has 0 bridgehead atoms. The lowest BCUT2D eigenvalue weighted by atomic mass is 10.1. The molecule has 3 aliphatic rings. The molecule has 180 valence electrons. The number of alkyl halides is 1. The van der Waals surface area contributed by atoms with E-state index in [0.717, 1.165) is 24.3 Å². The van der Waals surface area contributed by atoms with Crippen LogP contribution in [0.3, 0.4) is 0 Å². The Morgan fingerprint density at radius 1 is 1.12 bits per heavy atom. The summed E-state index contributed by atoms with van der Waals surface area (Å²) in [6, 6.07) is 5.62. The van der Waals surface area contributed by atoms with Crippen LogP contribution >= 0.6 is 0 Å². The summed E-state index contributed by atoms with van der Waals surface area (Å²) in [4.78, 5) is 46.8. The van der Waals surface area contributed by atoms with Gasteiger partial charge in [-0.05, 0) is 13.0 Å². The Kier molecular flexibility index (Phi) is 7.29. The second-order valence-electron chi connectivity index (χ2n) is 8.36. The van der Waals surface area contributed by atoms with Gasteiger partial charge in [0.1, 0.15) is 5.75 Å². The predicted octanol–water partition coefficient (Wildman–Crippen LogP) is 1.54. The van der Waals surface area contributed by atoms with Crippen molar-refractivity contribution in [3.8, 4) is 5.75 Å². The smallest absolute Gasteiger partial charge is 0.435 e. The van der Waals surface area contributed by atoms with Gasteiger partial charge in [-0.3, -0.25) is 14.5 Å². The van der Waals surface area contributed by atoms with Crippen LogP contribution in [0.1, 0.15) is 25.3 Å². The normalized spacial score (nSPS) is 22.1. The summed E-state index contributed by atoms with van der Waals surface area (Å²) in [5, 5.41) is 0.567.